The van der Waals surface area contributed by atoms with E-state index < -0.39 is 0 Å². The molecule has 5 aromatic rings. The topological polar surface area (TPSA) is 46.4 Å². The van der Waals surface area contributed by atoms with Gasteiger partial charge in [-0.15, -0.1) is 11.3 Å². The van der Waals surface area contributed by atoms with Crippen molar-refractivity contribution in [2.45, 2.75) is 13.8 Å². The molecule has 0 aliphatic carbocycles. The molecule has 0 unspecified atom stereocenters. The van der Waals surface area contributed by atoms with Crippen LogP contribution in [0.5, 0.6) is 0 Å². The van der Waals surface area contributed by atoms with E-state index in [1.54, 1.807) is 11.3 Å². The highest BCUT2D eigenvalue weighted by Gasteiger charge is 2.11. The van der Waals surface area contributed by atoms with E-state index in [1.165, 1.54) is 10.4 Å². The molecule has 0 aliphatic heterocycles. The molecule has 0 radical (unpaired) electrons. The Labute approximate surface area is 184 Å². The van der Waals surface area contributed by atoms with Crippen molar-refractivity contribution in [1.29, 1.82) is 0 Å². The Kier molecular flexibility index (Phi) is 4.88. The summed E-state index contributed by atoms with van der Waals surface area (Å²) in [4.78, 5) is 18.8. The third-order valence-corrected chi connectivity index (χ3v) is 6.27. The molecule has 1 amide bonds. The summed E-state index contributed by atoms with van der Waals surface area (Å²) >= 11 is 1.69. The van der Waals surface area contributed by atoms with Crippen molar-refractivity contribution in [2.75, 3.05) is 5.32 Å². The number of nitrogens with zero attached hydrogens (tertiary/aromatic N) is 2. The predicted molar refractivity (Wildman–Crippen MR) is 128 cm³/mol. The molecule has 5 rings (SSSR count). The molecule has 0 atom stereocenters. The number of rotatable bonds is 4. The molecule has 152 valence electrons. The molecular weight excluding hydrogens is 402 g/mol. The van der Waals surface area contributed by atoms with E-state index in [-0.39, 0.29) is 5.91 Å². The highest BCUT2D eigenvalue weighted by atomic mass is 32.1. The van der Waals surface area contributed by atoms with Crippen LogP contribution in [0.2, 0.25) is 0 Å². The van der Waals surface area contributed by atoms with Crippen molar-refractivity contribution in [1.82, 2.24) is 9.38 Å². The van der Waals surface area contributed by atoms with Gasteiger partial charge in [0.25, 0.3) is 5.91 Å². The van der Waals surface area contributed by atoms with Crippen LogP contribution in [-0.4, -0.2) is 15.3 Å². The van der Waals surface area contributed by atoms with Crippen LogP contribution in [0.4, 0.5) is 5.69 Å². The molecule has 1 N–H and O–H groups in total. The lowest BCUT2D eigenvalue weighted by Crippen LogP contribution is -2.12. The average molecular weight is 424 g/mol. The number of hydrogen-bond donors (Lipinski definition) is 1. The van der Waals surface area contributed by atoms with Crippen LogP contribution < -0.4 is 5.32 Å². The fourth-order valence-electron chi connectivity index (χ4n) is 3.56. The number of carbonyl (C=O) groups excluding carboxylic acids is 1. The maximum atomic E-state index is 12.9. The Morgan fingerprint density at radius 1 is 0.968 bits per heavy atom. The molecule has 0 saturated heterocycles. The van der Waals surface area contributed by atoms with E-state index in [4.69, 9.17) is 4.98 Å². The zero-order valence-corrected chi connectivity index (χ0v) is 18.1. The number of aryl methyl sites for hydroxylation is 2. The number of fused-ring (bicyclic) bond motifs is 1. The summed E-state index contributed by atoms with van der Waals surface area (Å²) in [5, 5.41) is 5.11. The van der Waals surface area contributed by atoms with E-state index >= 15 is 0 Å². The SMILES string of the molecule is Cc1ccn2cc(-c3ccc(C)c(NC(=O)c4ccc(-c5cccs5)cc4)c3)nc2c1. The lowest BCUT2D eigenvalue weighted by molar-refractivity contribution is 0.102. The number of thiophene rings is 1. The molecule has 0 aliphatic rings. The molecule has 0 spiro atoms. The first-order valence-electron chi connectivity index (χ1n) is 10.1. The van der Waals surface area contributed by atoms with Gasteiger partial charge < -0.3 is 9.72 Å². The molecule has 3 aromatic heterocycles. The van der Waals surface area contributed by atoms with Gasteiger partial charge in [0.15, 0.2) is 0 Å². The third-order valence-electron chi connectivity index (χ3n) is 5.35. The first-order chi connectivity index (χ1) is 15.1. The predicted octanol–water partition coefficient (Wildman–Crippen LogP) is 6.60. The van der Waals surface area contributed by atoms with Gasteiger partial charge in [0, 0.05) is 34.1 Å². The molecule has 0 bridgehead atoms. The zero-order valence-electron chi connectivity index (χ0n) is 17.3. The number of nitrogens with one attached hydrogen (secondary N) is 1. The van der Waals surface area contributed by atoms with Crippen molar-refractivity contribution < 1.29 is 4.79 Å². The highest BCUT2D eigenvalue weighted by Crippen LogP contribution is 2.27. The van der Waals surface area contributed by atoms with Crippen LogP contribution in [-0.2, 0) is 0 Å². The maximum absolute atomic E-state index is 12.9. The van der Waals surface area contributed by atoms with Gasteiger partial charge in [0.1, 0.15) is 5.65 Å². The number of imidazole rings is 1. The summed E-state index contributed by atoms with van der Waals surface area (Å²) in [5.41, 5.74) is 7.47. The summed E-state index contributed by atoms with van der Waals surface area (Å²) in [7, 11) is 0. The Bertz CT molecular complexity index is 1380. The Balaban J connectivity index is 1.40. The van der Waals surface area contributed by atoms with E-state index in [1.807, 2.05) is 72.2 Å². The van der Waals surface area contributed by atoms with Crippen LogP contribution in [0.15, 0.2) is 84.5 Å². The number of aromatic nitrogens is 2. The molecular formula is C26H21N3OS. The van der Waals surface area contributed by atoms with Crippen molar-refractivity contribution in [3.8, 4) is 21.7 Å². The second kappa shape index (κ2) is 7.85. The smallest absolute Gasteiger partial charge is 0.255 e. The number of benzene rings is 2. The van der Waals surface area contributed by atoms with E-state index in [0.29, 0.717) is 5.56 Å². The lowest BCUT2D eigenvalue weighted by Gasteiger charge is -2.10. The van der Waals surface area contributed by atoms with Gasteiger partial charge >= 0.3 is 0 Å². The molecule has 5 heteroatoms. The standard InChI is InChI=1S/C26H21N3OS/c1-17-11-12-29-16-23(27-25(29)14-17)21-6-5-18(2)22(15-21)28-26(30)20-9-7-19(8-10-20)24-4-3-13-31-24/h3-16H,1-2H3,(H,28,30). The Morgan fingerprint density at radius 2 is 1.77 bits per heavy atom. The van der Waals surface area contributed by atoms with Gasteiger partial charge in [-0.1, -0.05) is 30.3 Å². The average Bonchev–Trinajstić information content (AvgIpc) is 3.45. The van der Waals surface area contributed by atoms with E-state index in [9.17, 15) is 4.79 Å². The van der Waals surface area contributed by atoms with Crippen molar-refractivity contribution in [2.24, 2.45) is 0 Å². The van der Waals surface area contributed by atoms with E-state index in [0.717, 1.165) is 33.7 Å². The minimum absolute atomic E-state index is 0.122. The van der Waals surface area contributed by atoms with Crippen LogP contribution in [0.1, 0.15) is 21.5 Å². The van der Waals surface area contributed by atoms with Gasteiger partial charge in [-0.25, -0.2) is 4.98 Å². The molecule has 0 fully saturated rings. The van der Waals surface area contributed by atoms with Crippen LogP contribution >= 0.6 is 11.3 Å². The third kappa shape index (κ3) is 3.88. The number of anilines is 1. The second-order valence-electron chi connectivity index (χ2n) is 7.63. The zero-order chi connectivity index (χ0) is 21.4. The lowest BCUT2D eigenvalue weighted by atomic mass is 10.1. The summed E-state index contributed by atoms with van der Waals surface area (Å²) in [5.74, 6) is -0.122. The monoisotopic (exact) mass is 423 g/mol. The molecule has 2 aromatic carbocycles. The molecule has 31 heavy (non-hydrogen) atoms. The minimum Gasteiger partial charge on any atom is -0.322 e. The first-order valence-corrected chi connectivity index (χ1v) is 11.0. The Hall–Kier alpha value is -3.70. The highest BCUT2D eigenvalue weighted by molar-refractivity contribution is 7.13. The van der Waals surface area contributed by atoms with Crippen molar-refractivity contribution in [3.05, 3.63) is 101 Å². The van der Waals surface area contributed by atoms with E-state index in [2.05, 4.69) is 35.8 Å². The number of carbonyl (C=O) groups is 1. The number of pyridine rings is 1. The Morgan fingerprint density at radius 3 is 2.55 bits per heavy atom. The molecule has 3 heterocycles. The summed E-state index contributed by atoms with van der Waals surface area (Å²) in [6.45, 7) is 4.05. The summed E-state index contributed by atoms with van der Waals surface area (Å²) in [6.07, 6.45) is 4.02. The second-order valence-corrected chi connectivity index (χ2v) is 8.58. The summed E-state index contributed by atoms with van der Waals surface area (Å²) < 4.78 is 2.01. The fraction of sp³-hybridized carbons (Fsp3) is 0.0769. The van der Waals surface area contributed by atoms with Gasteiger partial charge in [-0.05, 0) is 72.3 Å². The quantitative estimate of drug-likeness (QED) is 0.354. The van der Waals surface area contributed by atoms with Gasteiger partial charge in [0.05, 0.1) is 5.69 Å². The van der Waals surface area contributed by atoms with Gasteiger partial charge in [-0.2, -0.15) is 0 Å². The number of amides is 1. The van der Waals surface area contributed by atoms with Crippen molar-refractivity contribution >= 4 is 28.6 Å². The largest absolute Gasteiger partial charge is 0.322 e. The minimum atomic E-state index is -0.122. The van der Waals surface area contributed by atoms with Gasteiger partial charge in [0.2, 0.25) is 0 Å². The molecule has 0 saturated carbocycles. The number of hydrogen-bond acceptors (Lipinski definition) is 3. The van der Waals surface area contributed by atoms with Crippen LogP contribution in [0, 0.1) is 13.8 Å². The van der Waals surface area contributed by atoms with Gasteiger partial charge in [-0.3, -0.25) is 4.79 Å². The van der Waals surface area contributed by atoms with Crippen molar-refractivity contribution in [3.63, 3.8) is 0 Å². The maximum Gasteiger partial charge on any atom is 0.255 e. The fourth-order valence-corrected chi connectivity index (χ4v) is 4.30. The van der Waals surface area contributed by atoms with Crippen LogP contribution in [0.25, 0.3) is 27.3 Å². The first kappa shape index (κ1) is 19.3. The normalized spacial score (nSPS) is 11.0. The molecule has 4 nitrogen and oxygen atoms in total. The summed E-state index contributed by atoms with van der Waals surface area (Å²) in [6, 6.07) is 22.0. The van der Waals surface area contributed by atoms with Crippen LogP contribution in [0.3, 0.4) is 0 Å².